The second-order valence-electron chi connectivity index (χ2n) is 3.98. The lowest BCUT2D eigenvalue weighted by molar-refractivity contribution is -0.106. The van der Waals surface area contributed by atoms with Gasteiger partial charge >= 0.3 is 0 Å². The van der Waals surface area contributed by atoms with Crippen molar-refractivity contribution in [1.29, 1.82) is 0 Å². The first kappa shape index (κ1) is 11.0. The van der Waals surface area contributed by atoms with Gasteiger partial charge in [-0.1, -0.05) is 42.5 Å². The Hall–Kier alpha value is -1.84. The molecule has 0 atom stereocenters. The van der Waals surface area contributed by atoms with Crippen LogP contribution in [0.4, 0.5) is 0 Å². The fourth-order valence-corrected chi connectivity index (χ4v) is 1.70. The lowest BCUT2D eigenvalue weighted by atomic mass is 10.2. The number of hydrogen-bond donors (Lipinski definition) is 0. The van der Waals surface area contributed by atoms with Crippen LogP contribution in [0.1, 0.15) is 20.2 Å². The van der Waals surface area contributed by atoms with Crippen molar-refractivity contribution in [3.05, 3.63) is 65.7 Å². The first-order valence-electron chi connectivity index (χ1n) is 6.99. The summed E-state index contributed by atoms with van der Waals surface area (Å²) in [6, 6.07) is 13.1. The molecule has 0 radical (unpaired) electrons. The summed E-state index contributed by atoms with van der Waals surface area (Å²) in [5.41, 5.74) is 1.62. The SMILES string of the molecule is [2H]c1cc(C(OC)OC)cc([2H])c1OCc1ccccc1. The Balaban J connectivity index is 2.17. The van der Waals surface area contributed by atoms with Crippen LogP contribution in [0.5, 0.6) is 5.75 Å². The maximum absolute atomic E-state index is 8.01. The van der Waals surface area contributed by atoms with E-state index in [-0.39, 0.29) is 17.8 Å². The Labute approximate surface area is 116 Å². The smallest absolute Gasteiger partial charge is 0.183 e. The highest BCUT2D eigenvalue weighted by Crippen LogP contribution is 2.21. The van der Waals surface area contributed by atoms with Gasteiger partial charge in [0.05, 0.1) is 2.74 Å². The molecule has 3 heteroatoms. The molecule has 0 aliphatic carbocycles. The predicted octanol–water partition coefficient (Wildman–Crippen LogP) is 3.56. The van der Waals surface area contributed by atoms with Gasteiger partial charge in [-0.3, -0.25) is 0 Å². The number of hydrogen-bond acceptors (Lipinski definition) is 3. The number of methoxy groups -OCH3 is 2. The number of rotatable bonds is 6. The molecule has 0 N–H and O–H groups in total. The Morgan fingerprint density at radius 2 is 1.63 bits per heavy atom. The van der Waals surface area contributed by atoms with E-state index in [2.05, 4.69) is 0 Å². The van der Waals surface area contributed by atoms with Crippen LogP contribution in [-0.2, 0) is 16.1 Å². The molecule has 0 saturated carbocycles. The van der Waals surface area contributed by atoms with Gasteiger partial charge in [0, 0.05) is 19.8 Å². The van der Waals surface area contributed by atoms with Gasteiger partial charge in [-0.05, 0) is 17.6 Å². The van der Waals surface area contributed by atoms with Gasteiger partial charge in [-0.2, -0.15) is 0 Å². The third-order valence-electron chi connectivity index (χ3n) is 2.67. The molecule has 0 fully saturated rings. The van der Waals surface area contributed by atoms with Crippen LogP contribution in [0.25, 0.3) is 0 Å². The van der Waals surface area contributed by atoms with Crippen LogP contribution in [0.15, 0.2) is 54.5 Å². The highest BCUT2D eigenvalue weighted by Gasteiger charge is 2.08. The molecule has 0 unspecified atom stereocenters. The van der Waals surface area contributed by atoms with Crippen LogP contribution >= 0.6 is 0 Å². The van der Waals surface area contributed by atoms with Crippen molar-refractivity contribution in [1.82, 2.24) is 0 Å². The van der Waals surface area contributed by atoms with Crippen molar-refractivity contribution in [3.8, 4) is 5.75 Å². The average molecular weight is 260 g/mol. The molecule has 0 spiro atoms. The maximum Gasteiger partial charge on any atom is 0.183 e. The predicted molar refractivity (Wildman–Crippen MR) is 74.0 cm³/mol. The fourth-order valence-electron chi connectivity index (χ4n) is 1.70. The van der Waals surface area contributed by atoms with Crippen molar-refractivity contribution < 1.29 is 17.0 Å². The summed E-state index contributed by atoms with van der Waals surface area (Å²) >= 11 is 0. The molecule has 0 amide bonds. The van der Waals surface area contributed by atoms with Gasteiger partial charge in [-0.15, -0.1) is 0 Å². The molecule has 0 aliphatic heterocycles. The van der Waals surface area contributed by atoms with E-state index in [9.17, 15) is 0 Å². The van der Waals surface area contributed by atoms with Gasteiger partial charge in [0.1, 0.15) is 12.4 Å². The molecule has 100 valence electrons. The molecule has 0 bridgehead atoms. The third-order valence-corrected chi connectivity index (χ3v) is 2.67. The van der Waals surface area contributed by atoms with E-state index in [1.165, 1.54) is 14.2 Å². The van der Waals surface area contributed by atoms with Crippen LogP contribution in [-0.4, -0.2) is 14.2 Å². The van der Waals surface area contributed by atoms with E-state index in [1.807, 2.05) is 30.3 Å². The molecule has 19 heavy (non-hydrogen) atoms. The second kappa shape index (κ2) is 6.92. The molecule has 0 aromatic heterocycles. The minimum atomic E-state index is -0.582. The molecule has 0 heterocycles. The van der Waals surface area contributed by atoms with Crippen molar-refractivity contribution >= 4 is 0 Å². The molecule has 2 rings (SSSR count). The lowest BCUT2D eigenvalue weighted by Crippen LogP contribution is -2.03. The molecule has 0 aliphatic rings. The highest BCUT2D eigenvalue weighted by atomic mass is 16.7. The first-order chi connectivity index (χ1) is 10.2. The Morgan fingerprint density at radius 3 is 2.21 bits per heavy atom. The Kier molecular flexibility index (Phi) is 4.02. The van der Waals surface area contributed by atoms with Gasteiger partial charge < -0.3 is 14.2 Å². The average Bonchev–Trinajstić information content (AvgIpc) is 2.49. The topological polar surface area (TPSA) is 27.7 Å². The second-order valence-corrected chi connectivity index (χ2v) is 3.98. The van der Waals surface area contributed by atoms with Crippen molar-refractivity contribution in [2.75, 3.05) is 14.2 Å². The first-order valence-corrected chi connectivity index (χ1v) is 5.99. The van der Waals surface area contributed by atoms with Gasteiger partial charge in [0.25, 0.3) is 0 Å². The Morgan fingerprint density at radius 1 is 1.00 bits per heavy atom. The summed E-state index contributed by atoms with van der Waals surface area (Å²) in [7, 11) is 3.03. The van der Waals surface area contributed by atoms with Crippen LogP contribution < -0.4 is 4.74 Å². The fraction of sp³-hybridized carbons (Fsp3) is 0.250. The van der Waals surface area contributed by atoms with Crippen LogP contribution in [0.2, 0.25) is 0 Å². The standard InChI is InChI=1S/C16H18O3/c1-17-16(18-2)14-8-10-15(11-9-14)19-12-13-6-4-3-5-7-13/h3-11,16H,12H2,1-2H3/i10D,11D. The van der Waals surface area contributed by atoms with E-state index < -0.39 is 6.29 Å². The minimum absolute atomic E-state index is 0.146. The van der Waals surface area contributed by atoms with Crippen molar-refractivity contribution in [2.45, 2.75) is 12.9 Å². The normalized spacial score (nSPS) is 12.2. The molecule has 0 saturated heterocycles. The largest absolute Gasteiger partial charge is 0.489 e. The van der Waals surface area contributed by atoms with Crippen LogP contribution in [0.3, 0.4) is 0 Å². The minimum Gasteiger partial charge on any atom is -0.489 e. The summed E-state index contributed by atoms with van der Waals surface area (Å²) in [6.45, 7) is 0.329. The molecular weight excluding hydrogens is 240 g/mol. The zero-order valence-electron chi connectivity index (χ0n) is 13.1. The molecular formula is C16H18O3. The molecule has 2 aromatic rings. The number of ether oxygens (including phenoxy) is 3. The summed E-state index contributed by atoms with van der Waals surface area (Å²) in [5, 5.41) is 0. The van der Waals surface area contributed by atoms with Gasteiger partial charge in [-0.25, -0.2) is 0 Å². The third kappa shape index (κ3) is 3.81. The van der Waals surface area contributed by atoms with E-state index in [0.717, 1.165) is 5.56 Å². The van der Waals surface area contributed by atoms with Gasteiger partial charge in [0.2, 0.25) is 0 Å². The van der Waals surface area contributed by atoms with Crippen molar-refractivity contribution in [3.63, 3.8) is 0 Å². The van der Waals surface area contributed by atoms with E-state index in [0.29, 0.717) is 12.2 Å². The Bertz CT molecular complexity index is 560. The van der Waals surface area contributed by atoms with E-state index >= 15 is 0 Å². The monoisotopic (exact) mass is 260 g/mol. The lowest BCUT2D eigenvalue weighted by Gasteiger charge is -2.14. The summed E-state index contributed by atoms with van der Waals surface area (Å²) in [5.74, 6) is 0.258. The quantitative estimate of drug-likeness (QED) is 0.743. The summed E-state index contributed by atoms with van der Waals surface area (Å²) in [6.07, 6.45) is -0.582. The zero-order valence-corrected chi connectivity index (χ0v) is 11.1. The summed E-state index contributed by atoms with van der Waals surface area (Å²) < 4.78 is 31.9. The maximum atomic E-state index is 8.01. The summed E-state index contributed by atoms with van der Waals surface area (Å²) in [4.78, 5) is 0. The zero-order chi connectivity index (χ0) is 15.2. The van der Waals surface area contributed by atoms with E-state index in [1.54, 1.807) is 12.1 Å². The number of benzene rings is 2. The van der Waals surface area contributed by atoms with Crippen LogP contribution in [0, 0.1) is 0 Å². The molecule has 2 aromatic carbocycles. The van der Waals surface area contributed by atoms with Gasteiger partial charge in [0.15, 0.2) is 6.29 Å². The highest BCUT2D eigenvalue weighted by molar-refractivity contribution is 5.28. The van der Waals surface area contributed by atoms with E-state index in [4.69, 9.17) is 17.0 Å². The van der Waals surface area contributed by atoms with Crippen molar-refractivity contribution in [2.24, 2.45) is 0 Å². The molecule has 3 nitrogen and oxygen atoms in total.